The van der Waals surface area contributed by atoms with Gasteiger partial charge in [-0.1, -0.05) is 42.0 Å². The van der Waals surface area contributed by atoms with E-state index >= 15 is 0 Å². The summed E-state index contributed by atoms with van der Waals surface area (Å²) in [7, 11) is 1.66. The maximum absolute atomic E-state index is 12.5. The van der Waals surface area contributed by atoms with E-state index < -0.39 is 0 Å². The Balaban J connectivity index is 2.01. The molecule has 0 fully saturated rings. The summed E-state index contributed by atoms with van der Waals surface area (Å²) in [6.07, 6.45) is 0. The number of benzene rings is 2. The molecule has 1 aliphatic rings. The lowest BCUT2D eigenvalue weighted by Gasteiger charge is -2.22. The fraction of sp³-hybridized carbons (Fsp3) is 0.222. The van der Waals surface area contributed by atoms with Crippen LogP contribution in [-0.2, 0) is 11.3 Å². The molecule has 3 rings (SSSR count). The van der Waals surface area contributed by atoms with Gasteiger partial charge < -0.3 is 9.80 Å². The molecular weight excluding hydrogens is 276 g/mol. The summed E-state index contributed by atoms with van der Waals surface area (Å²) >= 11 is 0. The number of carbonyl (C=O) groups is 2. The van der Waals surface area contributed by atoms with Gasteiger partial charge in [-0.3, -0.25) is 9.59 Å². The first kappa shape index (κ1) is 14.3. The lowest BCUT2D eigenvalue weighted by Crippen LogP contribution is -2.37. The fourth-order valence-corrected chi connectivity index (χ4v) is 2.64. The minimum atomic E-state index is -0.115. The smallest absolute Gasteiger partial charge is 0.256 e. The van der Waals surface area contributed by atoms with Crippen LogP contribution in [0.5, 0.6) is 0 Å². The van der Waals surface area contributed by atoms with Crippen LogP contribution in [-0.4, -0.2) is 30.3 Å². The minimum absolute atomic E-state index is 0.0682. The van der Waals surface area contributed by atoms with E-state index in [1.165, 1.54) is 10.5 Å². The average molecular weight is 294 g/mol. The number of para-hydroxylation sites is 1. The highest BCUT2D eigenvalue weighted by molar-refractivity contribution is 6.09. The molecule has 1 heterocycles. The SMILES string of the molecule is Cc1ccc(CN2C(=O)CN(C)C(=O)c3ccccc32)cc1. The number of aryl methyl sites for hydroxylation is 1. The number of nitrogens with zero attached hydrogens (tertiary/aromatic N) is 2. The molecule has 0 saturated carbocycles. The van der Waals surface area contributed by atoms with Gasteiger partial charge in [0.25, 0.3) is 5.91 Å². The molecule has 2 amide bonds. The molecule has 0 aliphatic carbocycles. The molecule has 4 nitrogen and oxygen atoms in total. The van der Waals surface area contributed by atoms with Crippen LogP contribution in [0.2, 0.25) is 0 Å². The minimum Gasteiger partial charge on any atom is -0.332 e. The first-order valence-electron chi connectivity index (χ1n) is 7.26. The molecule has 2 aromatic carbocycles. The Hall–Kier alpha value is -2.62. The number of likely N-dealkylation sites (N-methyl/N-ethyl adjacent to an activating group) is 1. The van der Waals surface area contributed by atoms with Crippen molar-refractivity contribution in [2.45, 2.75) is 13.5 Å². The number of anilines is 1. The second-order valence-corrected chi connectivity index (χ2v) is 5.64. The second kappa shape index (κ2) is 5.64. The highest BCUT2D eigenvalue weighted by atomic mass is 16.2. The van der Waals surface area contributed by atoms with Gasteiger partial charge in [0, 0.05) is 7.05 Å². The first-order chi connectivity index (χ1) is 10.6. The molecule has 0 aromatic heterocycles. The van der Waals surface area contributed by atoms with Gasteiger partial charge in [-0.2, -0.15) is 0 Å². The number of carbonyl (C=O) groups excluding carboxylic acids is 2. The molecule has 1 aliphatic heterocycles. The van der Waals surface area contributed by atoms with Gasteiger partial charge in [0.2, 0.25) is 5.91 Å². The van der Waals surface area contributed by atoms with E-state index in [2.05, 4.69) is 0 Å². The highest BCUT2D eigenvalue weighted by Crippen LogP contribution is 2.26. The lowest BCUT2D eigenvalue weighted by molar-refractivity contribution is -0.119. The number of rotatable bonds is 2. The van der Waals surface area contributed by atoms with Crippen LogP contribution in [0.15, 0.2) is 48.5 Å². The highest BCUT2D eigenvalue weighted by Gasteiger charge is 2.29. The summed E-state index contributed by atoms with van der Waals surface area (Å²) in [5.41, 5.74) is 3.48. The van der Waals surface area contributed by atoms with Gasteiger partial charge >= 0.3 is 0 Å². The lowest BCUT2D eigenvalue weighted by atomic mass is 10.1. The predicted molar refractivity (Wildman–Crippen MR) is 85.8 cm³/mol. The molecule has 112 valence electrons. The summed E-state index contributed by atoms with van der Waals surface area (Å²) in [5, 5.41) is 0. The number of amides is 2. The van der Waals surface area contributed by atoms with E-state index in [4.69, 9.17) is 0 Å². The topological polar surface area (TPSA) is 40.6 Å². The van der Waals surface area contributed by atoms with E-state index in [1.54, 1.807) is 18.0 Å². The third kappa shape index (κ3) is 2.60. The second-order valence-electron chi connectivity index (χ2n) is 5.64. The van der Waals surface area contributed by atoms with Crippen molar-refractivity contribution in [3.63, 3.8) is 0 Å². The maximum atomic E-state index is 12.5. The van der Waals surface area contributed by atoms with Crippen molar-refractivity contribution in [2.24, 2.45) is 0 Å². The summed E-state index contributed by atoms with van der Waals surface area (Å²) in [6.45, 7) is 2.60. The Kier molecular flexibility index (Phi) is 3.67. The van der Waals surface area contributed by atoms with Gasteiger partial charge in [-0.05, 0) is 24.6 Å². The number of hydrogen-bond acceptors (Lipinski definition) is 2. The molecule has 0 spiro atoms. The van der Waals surface area contributed by atoms with Gasteiger partial charge in [0.05, 0.1) is 17.8 Å². The molecule has 0 N–H and O–H groups in total. The van der Waals surface area contributed by atoms with Crippen molar-refractivity contribution in [3.8, 4) is 0 Å². The van der Waals surface area contributed by atoms with Crippen LogP contribution >= 0.6 is 0 Å². The normalized spacial score (nSPS) is 14.8. The molecule has 0 bridgehead atoms. The Morgan fingerprint density at radius 1 is 1.00 bits per heavy atom. The Morgan fingerprint density at radius 2 is 1.68 bits per heavy atom. The van der Waals surface area contributed by atoms with Gasteiger partial charge in [-0.15, -0.1) is 0 Å². The van der Waals surface area contributed by atoms with Crippen molar-refractivity contribution in [2.75, 3.05) is 18.5 Å². The Bertz CT molecular complexity index is 722. The van der Waals surface area contributed by atoms with E-state index in [1.807, 2.05) is 49.4 Å². The van der Waals surface area contributed by atoms with Gasteiger partial charge in [0.15, 0.2) is 0 Å². The van der Waals surface area contributed by atoms with Crippen LogP contribution < -0.4 is 4.90 Å². The standard InChI is InChI=1S/C18H18N2O2/c1-13-7-9-14(10-8-13)11-20-16-6-4-3-5-15(16)18(22)19(2)12-17(20)21/h3-10H,11-12H2,1-2H3. The summed E-state index contributed by atoms with van der Waals surface area (Å²) in [6, 6.07) is 15.4. The maximum Gasteiger partial charge on any atom is 0.256 e. The number of fused-ring (bicyclic) bond motifs is 1. The van der Waals surface area contributed by atoms with Crippen LogP contribution in [0.1, 0.15) is 21.5 Å². The average Bonchev–Trinajstić information content (AvgIpc) is 2.61. The van der Waals surface area contributed by atoms with Crippen LogP contribution in [0, 0.1) is 6.92 Å². The molecule has 0 atom stereocenters. The zero-order valence-corrected chi connectivity index (χ0v) is 12.7. The van der Waals surface area contributed by atoms with Crippen LogP contribution in [0.3, 0.4) is 0 Å². The Labute approximate surface area is 130 Å². The van der Waals surface area contributed by atoms with E-state index in [0.717, 1.165) is 5.56 Å². The zero-order chi connectivity index (χ0) is 15.7. The molecule has 4 heteroatoms. The van der Waals surface area contributed by atoms with Crippen molar-refractivity contribution in [1.29, 1.82) is 0 Å². The van der Waals surface area contributed by atoms with Crippen molar-refractivity contribution >= 4 is 17.5 Å². The molecular formula is C18H18N2O2. The van der Waals surface area contributed by atoms with Crippen molar-refractivity contribution in [3.05, 3.63) is 65.2 Å². The van der Waals surface area contributed by atoms with Gasteiger partial charge in [0.1, 0.15) is 6.54 Å². The summed E-state index contributed by atoms with van der Waals surface area (Å²) in [4.78, 5) is 28.1. The third-order valence-corrected chi connectivity index (χ3v) is 3.91. The van der Waals surface area contributed by atoms with Crippen LogP contribution in [0.4, 0.5) is 5.69 Å². The fourth-order valence-electron chi connectivity index (χ4n) is 2.64. The van der Waals surface area contributed by atoms with Gasteiger partial charge in [-0.25, -0.2) is 0 Å². The molecule has 0 unspecified atom stereocenters. The molecule has 22 heavy (non-hydrogen) atoms. The molecule has 0 saturated heterocycles. The van der Waals surface area contributed by atoms with E-state index in [9.17, 15) is 9.59 Å². The first-order valence-corrected chi connectivity index (χ1v) is 7.26. The summed E-state index contributed by atoms with van der Waals surface area (Å²) in [5.74, 6) is -0.184. The van der Waals surface area contributed by atoms with E-state index in [-0.39, 0.29) is 18.4 Å². The molecule has 2 aromatic rings. The van der Waals surface area contributed by atoms with Crippen molar-refractivity contribution < 1.29 is 9.59 Å². The Morgan fingerprint density at radius 3 is 2.41 bits per heavy atom. The predicted octanol–water partition coefficient (Wildman–Crippen LogP) is 2.61. The zero-order valence-electron chi connectivity index (χ0n) is 12.7. The number of hydrogen-bond donors (Lipinski definition) is 0. The largest absolute Gasteiger partial charge is 0.332 e. The third-order valence-electron chi connectivity index (χ3n) is 3.91. The van der Waals surface area contributed by atoms with Crippen LogP contribution in [0.25, 0.3) is 0 Å². The van der Waals surface area contributed by atoms with E-state index in [0.29, 0.717) is 17.8 Å². The molecule has 0 radical (unpaired) electrons. The monoisotopic (exact) mass is 294 g/mol. The quantitative estimate of drug-likeness (QED) is 0.854. The summed E-state index contributed by atoms with van der Waals surface area (Å²) < 4.78 is 0. The van der Waals surface area contributed by atoms with Crippen molar-refractivity contribution in [1.82, 2.24) is 4.90 Å².